The molecule has 0 aliphatic heterocycles. The van der Waals surface area contributed by atoms with Gasteiger partial charge in [0.05, 0.1) is 26.2 Å². The van der Waals surface area contributed by atoms with Gasteiger partial charge in [-0.2, -0.15) is 0 Å². The molecule has 4 heteroatoms. The monoisotopic (exact) mass is 313 g/mol. The number of unbranched alkanes of at least 4 members (excludes halogenated alkanes) is 2. The van der Waals surface area contributed by atoms with E-state index in [4.69, 9.17) is 23.2 Å². The van der Waals surface area contributed by atoms with E-state index in [1.807, 2.05) is 0 Å². The van der Waals surface area contributed by atoms with Crippen LogP contribution in [0.4, 0.5) is 0 Å². The zero-order valence-corrected chi connectivity index (χ0v) is 13.8. The summed E-state index contributed by atoms with van der Waals surface area (Å²) in [6, 6.07) is 0. The van der Waals surface area contributed by atoms with Crippen molar-refractivity contribution in [3.63, 3.8) is 0 Å². The van der Waals surface area contributed by atoms with Crippen LogP contribution < -0.4 is 12.4 Å². The lowest BCUT2D eigenvalue weighted by atomic mass is 10.2. The van der Waals surface area contributed by atoms with E-state index in [0.29, 0.717) is 0 Å². The Balaban J connectivity index is 0. The topological polar surface area (TPSA) is 0 Å². The van der Waals surface area contributed by atoms with Crippen LogP contribution in [0.5, 0.6) is 0 Å². The smallest absolute Gasteiger partial charge is 0.0987 e. The van der Waals surface area contributed by atoms with E-state index in [9.17, 15) is 0 Å². The van der Waals surface area contributed by atoms with Crippen LogP contribution in [-0.2, 0) is 0 Å². The molecule has 0 rings (SSSR count). The molecule has 0 aliphatic rings. The second-order valence-corrected chi connectivity index (χ2v) is 5.09. The summed E-state index contributed by atoms with van der Waals surface area (Å²) >= 11 is 11.4. The third-order valence-corrected chi connectivity index (χ3v) is 3.49. The Morgan fingerprint density at radius 1 is 0.833 bits per heavy atom. The van der Waals surface area contributed by atoms with Gasteiger partial charge in [-0.1, -0.05) is 49.9 Å². The summed E-state index contributed by atoms with van der Waals surface area (Å²) in [5.41, 5.74) is 3.27. The van der Waals surface area contributed by atoms with E-state index in [-0.39, 0.29) is 12.4 Å². The highest BCUT2D eigenvalue weighted by Crippen LogP contribution is 2.13. The van der Waals surface area contributed by atoms with Crippen molar-refractivity contribution < 1.29 is 16.9 Å². The van der Waals surface area contributed by atoms with Crippen LogP contribution in [0.2, 0.25) is 0 Å². The summed E-state index contributed by atoms with van der Waals surface area (Å²) in [6.07, 6.45) is 9.12. The Kier molecular flexibility index (Phi) is 15.7. The Morgan fingerprint density at radius 3 is 1.50 bits per heavy atom. The van der Waals surface area contributed by atoms with Gasteiger partial charge in [0.25, 0.3) is 0 Å². The Hall–Kier alpha value is 0.310. The SMILES string of the molecule is CCCC[N+](C/C=C\Cl)(C/C=C\Cl)CCCC.[Cl-]. The van der Waals surface area contributed by atoms with Crippen LogP contribution in [0.25, 0.3) is 0 Å². The lowest BCUT2D eigenvalue weighted by Crippen LogP contribution is -3.00. The van der Waals surface area contributed by atoms with Crippen molar-refractivity contribution in [3.8, 4) is 0 Å². The molecule has 0 atom stereocenters. The second kappa shape index (κ2) is 13.7. The molecule has 0 aromatic heterocycles. The first-order valence-corrected chi connectivity index (χ1v) is 7.47. The third kappa shape index (κ3) is 9.27. The maximum absolute atomic E-state index is 5.68. The third-order valence-electron chi connectivity index (χ3n) is 3.14. The molecule has 0 bridgehead atoms. The van der Waals surface area contributed by atoms with Gasteiger partial charge in [-0.25, -0.2) is 0 Å². The van der Waals surface area contributed by atoms with Gasteiger partial charge in [-0.15, -0.1) is 0 Å². The average Bonchev–Trinajstić information content (AvgIpc) is 2.37. The van der Waals surface area contributed by atoms with Crippen molar-refractivity contribution in [1.29, 1.82) is 0 Å². The summed E-state index contributed by atoms with van der Waals surface area (Å²) in [6.45, 7) is 8.90. The first kappa shape index (κ1) is 20.6. The van der Waals surface area contributed by atoms with Gasteiger partial charge in [-0.05, 0) is 25.0 Å². The predicted octanol–water partition coefficient (Wildman–Crippen LogP) is 1.91. The van der Waals surface area contributed by atoms with E-state index in [0.717, 1.165) is 17.6 Å². The van der Waals surface area contributed by atoms with E-state index in [1.165, 1.54) is 38.8 Å². The van der Waals surface area contributed by atoms with E-state index in [1.54, 1.807) is 11.1 Å². The van der Waals surface area contributed by atoms with Crippen molar-refractivity contribution >= 4 is 23.2 Å². The summed E-state index contributed by atoms with van der Waals surface area (Å²) in [7, 11) is 0. The van der Waals surface area contributed by atoms with Gasteiger partial charge in [0, 0.05) is 11.1 Å². The van der Waals surface area contributed by atoms with Gasteiger partial charge in [-0.3, -0.25) is 0 Å². The fraction of sp³-hybridized carbons (Fsp3) is 0.714. The fourth-order valence-corrected chi connectivity index (χ4v) is 2.22. The van der Waals surface area contributed by atoms with Crippen LogP contribution >= 0.6 is 23.2 Å². The molecule has 0 aliphatic carbocycles. The maximum atomic E-state index is 5.68. The van der Waals surface area contributed by atoms with Crippen LogP contribution in [0.1, 0.15) is 39.5 Å². The van der Waals surface area contributed by atoms with Gasteiger partial charge >= 0.3 is 0 Å². The van der Waals surface area contributed by atoms with Gasteiger partial charge in [0.15, 0.2) is 0 Å². The Morgan fingerprint density at radius 2 is 1.22 bits per heavy atom. The first-order chi connectivity index (χ1) is 8.24. The maximum Gasteiger partial charge on any atom is 0.0987 e. The molecular weight excluding hydrogens is 289 g/mol. The molecular formula is C14H26Cl3N. The summed E-state index contributed by atoms with van der Waals surface area (Å²) in [4.78, 5) is 0. The molecule has 18 heavy (non-hydrogen) atoms. The molecule has 0 spiro atoms. The standard InChI is InChI=1S/C14H26Cl2N.ClH/c1-3-5-11-17(12-6-4-2,13-7-9-15)14-8-10-16;/h7-10H,3-6,11-14H2,1-2H3;1H/q+1;/p-1/b9-7-,10-8-;. The quantitative estimate of drug-likeness (QED) is 0.540. The van der Waals surface area contributed by atoms with Crippen LogP contribution in [0.3, 0.4) is 0 Å². The van der Waals surface area contributed by atoms with Gasteiger partial charge in [0.2, 0.25) is 0 Å². The van der Waals surface area contributed by atoms with Gasteiger partial charge < -0.3 is 16.9 Å². The minimum atomic E-state index is 0. The number of hydrogen-bond acceptors (Lipinski definition) is 0. The lowest BCUT2D eigenvalue weighted by Gasteiger charge is -2.37. The first-order valence-electron chi connectivity index (χ1n) is 6.60. The molecule has 0 radical (unpaired) electrons. The molecule has 0 aromatic rings. The minimum absolute atomic E-state index is 0. The fourth-order valence-electron chi connectivity index (χ4n) is 2.07. The highest BCUT2D eigenvalue weighted by molar-refractivity contribution is 6.25. The molecule has 0 saturated heterocycles. The highest BCUT2D eigenvalue weighted by Gasteiger charge is 2.23. The lowest BCUT2D eigenvalue weighted by molar-refractivity contribution is -0.917. The average molecular weight is 315 g/mol. The molecule has 0 heterocycles. The molecule has 0 aromatic carbocycles. The molecule has 0 amide bonds. The van der Waals surface area contributed by atoms with E-state index in [2.05, 4.69) is 26.0 Å². The summed E-state index contributed by atoms with van der Waals surface area (Å²) < 4.78 is 1.08. The van der Waals surface area contributed by atoms with Crippen LogP contribution in [0, 0.1) is 0 Å². The van der Waals surface area contributed by atoms with Crippen molar-refractivity contribution in [1.82, 2.24) is 0 Å². The highest BCUT2D eigenvalue weighted by atomic mass is 35.5. The molecule has 1 nitrogen and oxygen atoms in total. The molecule has 108 valence electrons. The van der Waals surface area contributed by atoms with Crippen LogP contribution in [0.15, 0.2) is 23.2 Å². The van der Waals surface area contributed by atoms with Gasteiger partial charge in [0.1, 0.15) is 0 Å². The molecule has 0 N–H and O–H groups in total. The Labute approximate surface area is 129 Å². The normalized spacial score (nSPS) is 12.2. The number of nitrogens with zero attached hydrogens (tertiary/aromatic N) is 1. The van der Waals surface area contributed by atoms with E-state index < -0.39 is 0 Å². The zero-order valence-electron chi connectivity index (χ0n) is 11.5. The van der Waals surface area contributed by atoms with Crippen LogP contribution in [-0.4, -0.2) is 30.7 Å². The minimum Gasteiger partial charge on any atom is -1.00 e. The van der Waals surface area contributed by atoms with Crippen molar-refractivity contribution in [2.24, 2.45) is 0 Å². The van der Waals surface area contributed by atoms with Crippen molar-refractivity contribution in [2.75, 3.05) is 26.2 Å². The second-order valence-electron chi connectivity index (χ2n) is 4.58. The summed E-state index contributed by atoms with van der Waals surface area (Å²) in [5.74, 6) is 0. The Bertz CT molecular complexity index is 203. The molecule has 0 fully saturated rings. The van der Waals surface area contributed by atoms with Crippen molar-refractivity contribution in [3.05, 3.63) is 23.2 Å². The number of rotatable bonds is 10. The number of quaternary nitrogens is 1. The van der Waals surface area contributed by atoms with E-state index >= 15 is 0 Å². The molecule has 0 saturated carbocycles. The number of hydrogen-bond donors (Lipinski definition) is 0. The summed E-state index contributed by atoms with van der Waals surface area (Å²) in [5, 5.41) is 0. The van der Waals surface area contributed by atoms with Crippen molar-refractivity contribution in [2.45, 2.75) is 39.5 Å². The predicted molar refractivity (Wildman–Crippen MR) is 79.5 cm³/mol. The number of halogens is 3. The molecule has 0 unspecified atom stereocenters. The largest absolute Gasteiger partial charge is 1.00 e. The zero-order chi connectivity index (χ0) is 13.0.